The molecular weight excluding hydrogens is 274 g/mol. The van der Waals surface area contributed by atoms with Crippen LogP contribution in [0.25, 0.3) is 0 Å². The molecule has 1 fully saturated rings. The second-order valence-electron chi connectivity index (χ2n) is 6.61. The molecule has 0 aromatic heterocycles. The highest BCUT2D eigenvalue weighted by molar-refractivity contribution is 5.74. The smallest absolute Gasteiger partial charge is 0.317 e. The van der Waals surface area contributed by atoms with Gasteiger partial charge in [-0.3, -0.25) is 0 Å². The monoisotopic (exact) mass is 303 g/mol. The van der Waals surface area contributed by atoms with Crippen molar-refractivity contribution in [2.75, 3.05) is 37.6 Å². The predicted octanol–water partition coefficient (Wildman–Crippen LogP) is 3.18. The van der Waals surface area contributed by atoms with E-state index in [0.29, 0.717) is 5.92 Å². The van der Waals surface area contributed by atoms with E-state index in [1.807, 2.05) is 4.90 Å². The van der Waals surface area contributed by atoms with Crippen molar-refractivity contribution in [3.8, 4) is 0 Å². The van der Waals surface area contributed by atoms with E-state index in [4.69, 9.17) is 0 Å². The molecule has 1 heterocycles. The van der Waals surface area contributed by atoms with Gasteiger partial charge < -0.3 is 15.1 Å². The zero-order valence-electron chi connectivity index (χ0n) is 14.4. The quantitative estimate of drug-likeness (QED) is 0.927. The number of nitrogens with one attached hydrogen (secondary N) is 1. The Morgan fingerprint density at radius 3 is 2.50 bits per heavy atom. The fourth-order valence-electron chi connectivity index (χ4n) is 2.81. The molecule has 0 aliphatic carbocycles. The summed E-state index contributed by atoms with van der Waals surface area (Å²) in [5.74, 6) is 0.626. The van der Waals surface area contributed by atoms with Gasteiger partial charge in [-0.2, -0.15) is 0 Å². The minimum atomic E-state index is 0.0845. The van der Waals surface area contributed by atoms with Crippen molar-refractivity contribution in [2.24, 2.45) is 5.92 Å². The molecule has 0 spiro atoms. The maximum absolute atomic E-state index is 12.1. The van der Waals surface area contributed by atoms with E-state index in [1.165, 1.54) is 16.8 Å². The molecule has 1 aliphatic rings. The molecule has 1 N–H and O–H groups in total. The van der Waals surface area contributed by atoms with Crippen molar-refractivity contribution < 1.29 is 4.79 Å². The van der Waals surface area contributed by atoms with Gasteiger partial charge in [0.25, 0.3) is 0 Å². The van der Waals surface area contributed by atoms with Crippen molar-refractivity contribution in [2.45, 2.75) is 34.1 Å². The van der Waals surface area contributed by atoms with Gasteiger partial charge in [-0.05, 0) is 43.4 Å². The molecule has 4 heteroatoms. The molecular formula is C18H29N3O. The van der Waals surface area contributed by atoms with Crippen molar-refractivity contribution in [3.05, 3.63) is 29.3 Å². The van der Waals surface area contributed by atoms with Crippen molar-refractivity contribution in [3.63, 3.8) is 0 Å². The lowest BCUT2D eigenvalue weighted by Crippen LogP contribution is -2.52. The van der Waals surface area contributed by atoms with Crippen LogP contribution in [-0.4, -0.2) is 43.7 Å². The highest BCUT2D eigenvalue weighted by Crippen LogP contribution is 2.23. The number of amides is 2. The van der Waals surface area contributed by atoms with Gasteiger partial charge in [-0.15, -0.1) is 0 Å². The summed E-state index contributed by atoms with van der Waals surface area (Å²) in [5.41, 5.74) is 3.98. The van der Waals surface area contributed by atoms with Gasteiger partial charge in [0.15, 0.2) is 0 Å². The third kappa shape index (κ3) is 4.15. The van der Waals surface area contributed by atoms with Crippen molar-refractivity contribution in [1.29, 1.82) is 0 Å². The van der Waals surface area contributed by atoms with Gasteiger partial charge in [0, 0.05) is 38.4 Å². The number of benzene rings is 1. The number of aryl methyl sites for hydroxylation is 1. The van der Waals surface area contributed by atoms with E-state index in [-0.39, 0.29) is 6.03 Å². The molecule has 2 amide bonds. The maximum atomic E-state index is 12.1. The van der Waals surface area contributed by atoms with Crippen LogP contribution in [0.3, 0.4) is 0 Å². The second-order valence-corrected chi connectivity index (χ2v) is 6.61. The molecule has 4 nitrogen and oxygen atoms in total. The molecule has 22 heavy (non-hydrogen) atoms. The summed E-state index contributed by atoms with van der Waals surface area (Å²) in [6, 6.07) is 6.53. The van der Waals surface area contributed by atoms with Crippen LogP contribution in [0, 0.1) is 19.8 Å². The first-order valence-electron chi connectivity index (χ1n) is 8.33. The van der Waals surface area contributed by atoms with Crippen LogP contribution in [-0.2, 0) is 0 Å². The minimum Gasteiger partial charge on any atom is -0.368 e. The van der Waals surface area contributed by atoms with Crippen molar-refractivity contribution in [1.82, 2.24) is 10.2 Å². The molecule has 0 atom stereocenters. The molecule has 1 aliphatic heterocycles. The molecule has 2 rings (SSSR count). The Kier molecular flexibility index (Phi) is 5.69. The van der Waals surface area contributed by atoms with Gasteiger partial charge in [0.1, 0.15) is 0 Å². The number of piperazine rings is 1. The van der Waals surface area contributed by atoms with Crippen LogP contribution in [0.1, 0.15) is 31.4 Å². The Morgan fingerprint density at radius 2 is 1.86 bits per heavy atom. The number of anilines is 1. The van der Waals surface area contributed by atoms with Gasteiger partial charge >= 0.3 is 6.03 Å². The van der Waals surface area contributed by atoms with Crippen LogP contribution in [0.15, 0.2) is 18.2 Å². The number of hydrogen-bond acceptors (Lipinski definition) is 2. The molecule has 1 saturated heterocycles. The van der Waals surface area contributed by atoms with Crippen molar-refractivity contribution >= 4 is 11.7 Å². The first-order valence-corrected chi connectivity index (χ1v) is 8.33. The molecule has 1 aromatic carbocycles. The van der Waals surface area contributed by atoms with Gasteiger partial charge in [-0.1, -0.05) is 26.0 Å². The van der Waals surface area contributed by atoms with E-state index < -0.39 is 0 Å². The van der Waals surface area contributed by atoms with Gasteiger partial charge in [0.2, 0.25) is 0 Å². The van der Waals surface area contributed by atoms with E-state index in [2.05, 4.69) is 56.1 Å². The summed E-state index contributed by atoms with van der Waals surface area (Å²) >= 11 is 0. The summed E-state index contributed by atoms with van der Waals surface area (Å²) in [4.78, 5) is 16.5. The fraction of sp³-hybridized carbons (Fsp3) is 0.611. The Hall–Kier alpha value is -1.71. The van der Waals surface area contributed by atoms with Crippen LogP contribution in [0.4, 0.5) is 10.5 Å². The van der Waals surface area contributed by atoms with Crippen LogP contribution >= 0.6 is 0 Å². The highest BCUT2D eigenvalue weighted by Gasteiger charge is 2.21. The summed E-state index contributed by atoms with van der Waals surface area (Å²) in [6.45, 7) is 12.8. The predicted molar refractivity (Wildman–Crippen MR) is 92.6 cm³/mol. The van der Waals surface area contributed by atoms with E-state index >= 15 is 0 Å². The zero-order valence-corrected chi connectivity index (χ0v) is 14.4. The average Bonchev–Trinajstić information content (AvgIpc) is 2.50. The van der Waals surface area contributed by atoms with Crippen LogP contribution in [0.2, 0.25) is 0 Å². The molecule has 0 saturated carbocycles. The summed E-state index contributed by atoms with van der Waals surface area (Å²) in [7, 11) is 0. The summed E-state index contributed by atoms with van der Waals surface area (Å²) in [6.07, 6.45) is 1.04. The third-order valence-corrected chi connectivity index (χ3v) is 4.48. The number of nitrogens with zero attached hydrogens (tertiary/aromatic N) is 2. The average molecular weight is 303 g/mol. The Labute approximate surface area is 134 Å². The lowest BCUT2D eigenvalue weighted by molar-refractivity contribution is 0.194. The highest BCUT2D eigenvalue weighted by atomic mass is 16.2. The van der Waals surface area contributed by atoms with Gasteiger partial charge in [-0.25, -0.2) is 4.79 Å². The topological polar surface area (TPSA) is 35.6 Å². The third-order valence-electron chi connectivity index (χ3n) is 4.48. The minimum absolute atomic E-state index is 0.0845. The maximum Gasteiger partial charge on any atom is 0.317 e. The number of rotatable bonds is 4. The normalized spacial score (nSPS) is 15.3. The lowest BCUT2D eigenvalue weighted by atomic mass is 10.1. The largest absolute Gasteiger partial charge is 0.368 e. The van der Waals surface area contributed by atoms with E-state index in [0.717, 1.165) is 39.1 Å². The summed E-state index contributed by atoms with van der Waals surface area (Å²) in [5, 5.41) is 3.03. The Balaban J connectivity index is 1.85. The van der Waals surface area contributed by atoms with Crippen LogP contribution < -0.4 is 10.2 Å². The lowest BCUT2D eigenvalue weighted by Gasteiger charge is -2.37. The van der Waals surface area contributed by atoms with E-state index in [1.54, 1.807) is 0 Å². The molecule has 0 unspecified atom stereocenters. The molecule has 0 bridgehead atoms. The number of carbonyl (C=O) groups excluding carboxylic acids is 1. The summed E-state index contributed by atoms with van der Waals surface area (Å²) < 4.78 is 0. The second kappa shape index (κ2) is 7.52. The number of hydrogen-bond donors (Lipinski definition) is 1. The molecule has 0 radical (unpaired) electrons. The number of carbonyl (C=O) groups is 1. The van der Waals surface area contributed by atoms with E-state index in [9.17, 15) is 4.79 Å². The Morgan fingerprint density at radius 1 is 1.18 bits per heavy atom. The van der Waals surface area contributed by atoms with Gasteiger partial charge in [0.05, 0.1) is 0 Å². The first-order chi connectivity index (χ1) is 10.5. The zero-order chi connectivity index (χ0) is 16.1. The molecule has 122 valence electrons. The SMILES string of the molecule is Cc1cccc(N2CCN(C(=O)NCCC(C)C)CC2)c1C. The fourth-order valence-corrected chi connectivity index (χ4v) is 2.81. The Bertz CT molecular complexity index is 505. The van der Waals surface area contributed by atoms with Crippen LogP contribution in [0.5, 0.6) is 0 Å². The first kappa shape index (κ1) is 16.7. The standard InChI is InChI=1S/C18H29N3O/c1-14(2)8-9-19-18(22)21-12-10-20(11-13-21)17-7-5-6-15(3)16(17)4/h5-7,14H,8-13H2,1-4H3,(H,19,22). The number of urea groups is 1. The molecule has 1 aromatic rings.